The zero-order valence-corrected chi connectivity index (χ0v) is 10.1. The molecule has 0 saturated heterocycles. The molecule has 0 N–H and O–H groups in total. The van der Waals surface area contributed by atoms with Gasteiger partial charge in [-0.05, 0) is 6.92 Å². The molecule has 1 unspecified atom stereocenters. The molecule has 0 saturated carbocycles. The summed E-state index contributed by atoms with van der Waals surface area (Å²) in [6, 6.07) is 0. The van der Waals surface area contributed by atoms with E-state index in [-0.39, 0.29) is 6.61 Å². The van der Waals surface area contributed by atoms with Crippen molar-refractivity contribution in [1.82, 2.24) is 0 Å². The van der Waals surface area contributed by atoms with Crippen LogP contribution in [0.2, 0.25) is 0 Å². The number of Topliss-reactive ketones (excluding diaryl/α,β-unsaturated/α-hetero) is 2. The molecule has 0 rings (SSSR count). The number of carbonyl (C=O) groups excluding carboxylic acids is 3. The molecular weight excluding hydrogens is 303 g/mol. The highest BCUT2D eigenvalue weighted by molar-refractivity contribution is 6.42. The number of ether oxygens (including phenoxy) is 1. The topological polar surface area (TPSA) is 60.4 Å². The molecule has 0 spiro atoms. The summed E-state index contributed by atoms with van der Waals surface area (Å²) < 4.78 is 64.7. The predicted octanol–water partition coefficient (Wildman–Crippen LogP) is 1.88. The molecular formula is C9H8ClF5O4. The Morgan fingerprint density at radius 2 is 1.63 bits per heavy atom. The molecule has 0 aliphatic carbocycles. The number of alkyl halides is 6. The fraction of sp³-hybridized carbons (Fsp3) is 0.667. The monoisotopic (exact) mass is 310 g/mol. The Morgan fingerprint density at radius 3 is 2.00 bits per heavy atom. The predicted molar refractivity (Wildman–Crippen MR) is 51.9 cm³/mol. The maximum atomic E-state index is 12.5. The second-order valence-corrected chi connectivity index (χ2v) is 3.69. The summed E-state index contributed by atoms with van der Waals surface area (Å²) in [5, 5.41) is -2.10. The molecule has 1 atom stereocenters. The fourth-order valence-electron chi connectivity index (χ4n) is 0.864. The van der Waals surface area contributed by atoms with Gasteiger partial charge in [0, 0.05) is 0 Å². The van der Waals surface area contributed by atoms with Gasteiger partial charge in [-0.25, -0.2) is 4.79 Å². The summed E-state index contributed by atoms with van der Waals surface area (Å²) in [6.07, 6.45) is -7.93. The lowest BCUT2D eigenvalue weighted by Gasteiger charge is -2.18. The summed E-state index contributed by atoms with van der Waals surface area (Å²) in [5.41, 5.74) is 0. The Labute approximate surface area is 108 Å². The van der Waals surface area contributed by atoms with Gasteiger partial charge in [0.05, 0.1) is 13.0 Å². The maximum absolute atomic E-state index is 12.5. The lowest BCUT2D eigenvalue weighted by atomic mass is 10.1. The highest BCUT2D eigenvalue weighted by Crippen LogP contribution is 2.37. The molecule has 0 aromatic heterocycles. The van der Waals surface area contributed by atoms with Crippen molar-refractivity contribution >= 4 is 29.1 Å². The van der Waals surface area contributed by atoms with Gasteiger partial charge < -0.3 is 4.74 Å². The first kappa shape index (κ1) is 17.8. The third kappa shape index (κ3) is 4.41. The Morgan fingerprint density at radius 1 is 1.16 bits per heavy atom. The minimum Gasteiger partial charge on any atom is -0.465 e. The van der Waals surface area contributed by atoms with Crippen LogP contribution in [0.25, 0.3) is 0 Å². The first-order valence-electron chi connectivity index (χ1n) is 4.76. The van der Waals surface area contributed by atoms with Gasteiger partial charge in [-0.3, -0.25) is 9.59 Å². The highest BCUT2D eigenvalue weighted by atomic mass is 35.5. The number of ketones is 2. The van der Waals surface area contributed by atoms with Gasteiger partial charge in [0.15, 0.2) is 11.2 Å². The van der Waals surface area contributed by atoms with Crippen molar-refractivity contribution < 1.29 is 41.1 Å². The summed E-state index contributed by atoms with van der Waals surface area (Å²) in [4.78, 5) is 32.7. The van der Waals surface area contributed by atoms with E-state index in [2.05, 4.69) is 4.74 Å². The van der Waals surface area contributed by atoms with E-state index in [1.807, 2.05) is 0 Å². The molecule has 0 fully saturated rings. The van der Waals surface area contributed by atoms with Gasteiger partial charge in [-0.2, -0.15) is 22.0 Å². The van der Waals surface area contributed by atoms with Crippen molar-refractivity contribution in [3.63, 3.8) is 0 Å². The standard InChI is InChI=1S/C9H8ClF5O4/c1-2-19-7(18)6(10)4(16)3-5(17)8(11,12)9(13,14)15/h6H,2-3H2,1H3. The van der Waals surface area contributed by atoms with E-state index < -0.39 is 41.4 Å². The lowest BCUT2D eigenvalue weighted by molar-refractivity contribution is -0.268. The largest absolute Gasteiger partial charge is 0.465 e. The Balaban J connectivity index is 4.75. The molecule has 10 heteroatoms. The molecule has 0 aliphatic heterocycles. The quantitative estimate of drug-likeness (QED) is 0.325. The second kappa shape index (κ2) is 6.27. The molecule has 0 aliphatic rings. The van der Waals surface area contributed by atoms with Gasteiger partial charge >= 0.3 is 18.1 Å². The molecule has 0 heterocycles. The third-order valence-electron chi connectivity index (χ3n) is 1.82. The van der Waals surface area contributed by atoms with Crippen molar-refractivity contribution in [3.8, 4) is 0 Å². The van der Waals surface area contributed by atoms with Gasteiger partial charge in [-0.15, -0.1) is 11.6 Å². The smallest absolute Gasteiger partial charge is 0.461 e. The van der Waals surface area contributed by atoms with Crippen LogP contribution in [0.1, 0.15) is 13.3 Å². The van der Waals surface area contributed by atoms with E-state index in [4.69, 9.17) is 11.6 Å². The molecule has 0 radical (unpaired) electrons. The number of hydrogen-bond acceptors (Lipinski definition) is 4. The number of hydrogen-bond donors (Lipinski definition) is 0. The van der Waals surface area contributed by atoms with Crippen LogP contribution >= 0.6 is 11.6 Å². The fourth-order valence-corrected chi connectivity index (χ4v) is 1.00. The van der Waals surface area contributed by atoms with Crippen LogP contribution in [-0.2, 0) is 19.1 Å². The number of carbonyl (C=O) groups is 3. The summed E-state index contributed by atoms with van der Waals surface area (Å²) >= 11 is 5.17. The van der Waals surface area contributed by atoms with E-state index in [1.165, 1.54) is 6.92 Å². The Hall–Kier alpha value is -1.25. The van der Waals surface area contributed by atoms with Crippen molar-refractivity contribution in [3.05, 3.63) is 0 Å². The summed E-state index contributed by atoms with van der Waals surface area (Å²) in [5.74, 6) is -11.3. The van der Waals surface area contributed by atoms with Crippen molar-refractivity contribution in [2.45, 2.75) is 30.8 Å². The van der Waals surface area contributed by atoms with Crippen molar-refractivity contribution in [2.24, 2.45) is 0 Å². The zero-order valence-electron chi connectivity index (χ0n) is 9.39. The molecule has 0 amide bonds. The van der Waals surface area contributed by atoms with Crippen LogP contribution in [0.3, 0.4) is 0 Å². The number of halogens is 6. The minimum absolute atomic E-state index is 0.179. The van der Waals surface area contributed by atoms with Crippen molar-refractivity contribution in [1.29, 1.82) is 0 Å². The second-order valence-electron chi connectivity index (χ2n) is 3.25. The van der Waals surface area contributed by atoms with Gasteiger partial charge in [0.2, 0.25) is 5.78 Å². The van der Waals surface area contributed by atoms with Gasteiger partial charge in [0.1, 0.15) is 0 Å². The van der Waals surface area contributed by atoms with E-state index in [1.54, 1.807) is 0 Å². The third-order valence-corrected chi connectivity index (χ3v) is 2.24. The maximum Gasteiger partial charge on any atom is 0.461 e. The van der Waals surface area contributed by atoms with Crippen LogP contribution in [-0.4, -0.2) is 41.6 Å². The van der Waals surface area contributed by atoms with Crippen LogP contribution in [0.5, 0.6) is 0 Å². The molecule has 4 nitrogen and oxygen atoms in total. The van der Waals surface area contributed by atoms with Crippen LogP contribution < -0.4 is 0 Å². The Bertz CT molecular complexity index is 379. The Kier molecular flexibility index (Phi) is 5.85. The lowest BCUT2D eigenvalue weighted by Crippen LogP contribution is -2.45. The normalized spacial score (nSPS) is 13.8. The summed E-state index contributed by atoms with van der Waals surface area (Å²) in [7, 11) is 0. The van der Waals surface area contributed by atoms with E-state index >= 15 is 0 Å². The number of rotatable bonds is 6. The van der Waals surface area contributed by atoms with Crippen molar-refractivity contribution in [2.75, 3.05) is 6.61 Å². The van der Waals surface area contributed by atoms with E-state index in [9.17, 15) is 36.3 Å². The first-order valence-corrected chi connectivity index (χ1v) is 5.20. The SMILES string of the molecule is CCOC(=O)C(Cl)C(=O)CC(=O)C(F)(F)C(F)(F)F. The molecule has 110 valence electrons. The molecule has 0 aromatic rings. The van der Waals surface area contributed by atoms with Crippen LogP contribution in [0.4, 0.5) is 22.0 Å². The average Bonchev–Trinajstić information content (AvgIpc) is 2.26. The van der Waals surface area contributed by atoms with Gasteiger partial charge in [0.25, 0.3) is 0 Å². The zero-order chi connectivity index (χ0) is 15.4. The molecule has 0 aromatic carbocycles. The van der Waals surface area contributed by atoms with Crippen LogP contribution in [0, 0.1) is 0 Å². The summed E-state index contributed by atoms with van der Waals surface area (Å²) in [6.45, 7) is 1.18. The number of esters is 1. The highest BCUT2D eigenvalue weighted by Gasteiger charge is 2.63. The average molecular weight is 311 g/mol. The minimum atomic E-state index is -6.11. The first-order chi connectivity index (χ1) is 8.45. The van der Waals surface area contributed by atoms with Gasteiger partial charge in [-0.1, -0.05) is 0 Å². The molecule has 19 heavy (non-hydrogen) atoms. The van der Waals surface area contributed by atoms with E-state index in [0.29, 0.717) is 0 Å². The van der Waals surface area contributed by atoms with E-state index in [0.717, 1.165) is 0 Å². The molecule has 0 bridgehead atoms. The van der Waals surface area contributed by atoms with Crippen LogP contribution in [0.15, 0.2) is 0 Å².